The minimum absolute atomic E-state index is 0.0736. The van der Waals surface area contributed by atoms with Crippen LogP contribution in [0.5, 0.6) is 0 Å². The first-order chi connectivity index (χ1) is 8.67. The summed E-state index contributed by atoms with van der Waals surface area (Å²) in [7, 11) is 0. The van der Waals surface area contributed by atoms with Crippen molar-refractivity contribution in [2.45, 2.75) is 62.2 Å². The highest BCUT2D eigenvalue weighted by Crippen LogP contribution is 2.37. The molecule has 0 N–H and O–H groups in total. The highest BCUT2D eigenvalue weighted by atomic mass is 32.2. The first kappa shape index (κ1) is 14.4. The number of rotatable bonds is 2. The topological polar surface area (TPSA) is 26.3 Å². The maximum absolute atomic E-state index is 11.8. The lowest BCUT2D eigenvalue weighted by Gasteiger charge is -2.19. The predicted octanol–water partition coefficient (Wildman–Crippen LogP) is 4.17. The number of carbonyl (C=O) groups excluding carboxylic acids is 1. The third-order valence-corrected chi connectivity index (χ3v) is 4.50. The smallest absolute Gasteiger partial charge is 0.320 e. The van der Waals surface area contributed by atoms with Crippen molar-refractivity contribution in [1.29, 1.82) is 0 Å². The van der Waals surface area contributed by atoms with Gasteiger partial charge in [0.15, 0.2) is 0 Å². The van der Waals surface area contributed by atoms with Crippen LogP contribution in [0.25, 0.3) is 0 Å². The first-order valence-corrected chi connectivity index (χ1v) is 7.55. The van der Waals surface area contributed by atoms with Gasteiger partial charge in [0, 0.05) is 11.3 Å². The second kappa shape index (κ2) is 4.86. The molecule has 1 heterocycles. The normalized spacial score (nSPS) is 22.4. The zero-order chi connectivity index (χ0) is 14.3. The van der Waals surface area contributed by atoms with Crippen LogP contribution in [0, 0.1) is 0 Å². The van der Waals surface area contributed by atoms with Gasteiger partial charge in [0.2, 0.25) is 0 Å². The summed E-state index contributed by atoms with van der Waals surface area (Å²) in [5, 5.41) is -0.0736. The van der Waals surface area contributed by atoms with Crippen LogP contribution in [0.1, 0.15) is 46.6 Å². The van der Waals surface area contributed by atoms with Gasteiger partial charge < -0.3 is 4.74 Å². The van der Waals surface area contributed by atoms with Gasteiger partial charge in [0.05, 0.1) is 0 Å². The van der Waals surface area contributed by atoms with E-state index in [-0.39, 0.29) is 22.2 Å². The van der Waals surface area contributed by atoms with Crippen LogP contribution in [0.3, 0.4) is 0 Å². The summed E-state index contributed by atoms with van der Waals surface area (Å²) in [4.78, 5) is 12.9. The third-order valence-electron chi connectivity index (χ3n) is 3.32. The van der Waals surface area contributed by atoms with Crippen LogP contribution in [0.4, 0.5) is 0 Å². The molecule has 0 spiro atoms. The molecule has 1 aliphatic rings. The molecule has 0 amide bonds. The average molecular weight is 278 g/mol. The maximum Gasteiger partial charge on any atom is 0.320 e. The van der Waals surface area contributed by atoms with E-state index < -0.39 is 0 Å². The van der Waals surface area contributed by atoms with Crippen molar-refractivity contribution in [2.24, 2.45) is 0 Å². The first-order valence-electron chi connectivity index (χ1n) is 6.67. The molecular weight excluding hydrogens is 256 g/mol. The Labute approximate surface area is 119 Å². The number of cyclic esters (lactones) is 1. The Morgan fingerprint density at radius 3 is 2.21 bits per heavy atom. The Kier molecular flexibility index (Phi) is 3.69. The Morgan fingerprint density at radius 2 is 1.79 bits per heavy atom. The molecule has 3 heteroatoms. The quantitative estimate of drug-likeness (QED) is 0.759. The lowest BCUT2D eigenvalue weighted by atomic mass is 9.87. The Morgan fingerprint density at radius 1 is 1.21 bits per heavy atom. The van der Waals surface area contributed by atoms with Crippen molar-refractivity contribution in [1.82, 2.24) is 0 Å². The van der Waals surface area contributed by atoms with Crippen LogP contribution in [0.2, 0.25) is 0 Å². The second-order valence-electron chi connectivity index (χ2n) is 6.77. The Bertz CT molecular complexity index is 469. The standard InChI is InChI=1S/C16H22O2S/c1-15(2,3)11-6-8-12(9-7-11)19-13-10-16(4,5)18-14(13)17/h6-9,13H,10H2,1-5H3. The van der Waals surface area contributed by atoms with Crippen LogP contribution in [-0.2, 0) is 14.9 Å². The van der Waals surface area contributed by atoms with E-state index in [0.717, 1.165) is 11.3 Å². The van der Waals surface area contributed by atoms with Gasteiger partial charge in [-0.1, -0.05) is 32.9 Å². The average Bonchev–Trinajstić information content (AvgIpc) is 2.51. The lowest BCUT2D eigenvalue weighted by Crippen LogP contribution is -2.17. The van der Waals surface area contributed by atoms with Gasteiger partial charge in [-0.25, -0.2) is 0 Å². The van der Waals surface area contributed by atoms with Crippen molar-refractivity contribution < 1.29 is 9.53 Å². The van der Waals surface area contributed by atoms with Gasteiger partial charge in [0.1, 0.15) is 10.9 Å². The SMILES string of the molecule is CC1(C)CC(Sc2ccc(C(C)(C)C)cc2)C(=O)O1. The molecule has 104 valence electrons. The molecule has 1 aromatic carbocycles. The number of carbonyl (C=O) groups is 1. The van der Waals surface area contributed by atoms with E-state index in [9.17, 15) is 4.79 Å². The molecule has 1 aromatic rings. The summed E-state index contributed by atoms with van der Waals surface area (Å²) in [5.74, 6) is -0.0881. The monoisotopic (exact) mass is 278 g/mol. The van der Waals surface area contributed by atoms with E-state index >= 15 is 0 Å². The number of thioether (sulfide) groups is 1. The highest BCUT2D eigenvalue weighted by molar-refractivity contribution is 8.00. The number of hydrogen-bond acceptors (Lipinski definition) is 3. The van der Waals surface area contributed by atoms with Gasteiger partial charge in [-0.15, -0.1) is 11.8 Å². The molecular formula is C16H22O2S. The van der Waals surface area contributed by atoms with Crippen LogP contribution >= 0.6 is 11.8 Å². The Hall–Kier alpha value is -0.960. The number of ether oxygens (including phenoxy) is 1. The summed E-state index contributed by atoms with van der Waals surface area (Å²) >= 11 is 1.61. The van der Waals surface area contributed by atoms with Crippen LogP contribution in [-0.4, -0.2) is 16.8 Å². The molecule has 1 aliphatic heterocycles. The second-order valence-corrected chi connectivity index (χ2v) is 8.04. The van der Waals surface area contributed by atoms with E-state index in [1.54, 1.807) is 11.8 Å². The number of benzene rings is 1. The summed E-state index contributed by atoms with van der Waals surface area (Å²) in [6, 6.07) is 8.50. The van der Waals surface area contributed by atoms with Gasteiger partial charge in [-0.05, 0) is 37.0 Å². The number of esters is 1. The summed E-state index contributed by atoms with van der Waals surface area (Å²) < 4.78 is 5.35. The van der Waals surface area contributed by atoms with Gasteiger partial charge in [-0.3, -0.25) is 4.79 Å². The highest BCUT2D eigenvalue weighted by Gasteiger charge is 2.40. The van der Waals surface area contributed by atoms with E-state index in [1.165, 1.54) is 5.56 Å². The molecule has 1 saturated heterocycles. The molecule has 0 radical (unpaired) electrons. The molecule has 0 saturated carbocycles. The minimum Gasteiger partial charge on any atom is -0.459 e. The van der Waals surface area contributed by atoms with Crippen LogP contribution in [0.15, 0.2) is 29.2 Å². The van der Waals surface area contributed by atoms with E-state index in [1.807, 2.05) is 13.8 Å². The van der Waals surface area contributed by atoms with Crippen molar-refractivity contribution in [2.75, 3.05) is 0 Å². The Balaban J connectivity index is 2.07. The molecule has 2 rings (SSSR count). The van der Waals surface area contributed by atoms with E-state index in [2.05, 4.69) is 45.0 Å². The summed E-state index contributed by atoms with van der Waals surface area (Å²) in [6.07, 6.45) is 0.775. The predicted molar refractivity (Wildman–Crippen MR) is 79.6 cm³/mol. The fraction of sp³-hybridized carbons (Fsp3) is 0.562. The molecule has 0 aliphatic carbocycles. The fourth-order valence-corrected chi connectivity index (χ4v) is 3.45. The minimum atomic E-state index is -0.319. The molecule has 1 atom stereocenters. The molecule has 19 heavy (non-hydrogen) atoms. The van der Waals surface area contributed by atoms with Gasteiger partial charge >= 0.3 is 5.97 Å². The largest absolute Gasteiger partial charge is 0.459 e. The zero-order valence-corrected chi connectivity index (χ0v) is 13.1. The van der Waals surface area contributed by atoms with Crippen molar-refractivity contribution in [3.63, 3.8) is 0 Å². The molecule has 0 bridgehead atoms. The van der Waals surface area contributed by atoms with Crippen LogP contribution < -0.4 is 0 Å². The van der Waals surface area contributed by atoms with Gasteiger partial charge in [-0.2, -0.15) is 0 Å². The lowest BCUT2D eigenvalue weighted by molar-refractivity contribution is -0.145. The summed E-state index contributed by atoms with van der Waals surface area (Å²) in [6.45, 7) is 10.5. The van der Waals surface area contributed by atoms with Crippen molar-refractivity contribution >= 4 is 17.7 Å². The number of hydrogen-bond donors (Lipinski definition) is 0. The van der Waals surface area contributed by atoms with E-state index in [4.69, 9.17) is 4.74 Å². The molecule has 1 unspecified atom stereocenters. The maximum atomic E-state index is 11.8. The third kappa shape index (κ3) is 3.53. The van der Waals surface area contributed by atoms with Crippen molar-refractivity contribution in [3.05, 3.63) is 29.8 Å². The molecule has 0 aromatic heterocycles. The fourth-order valence-electron chi connectivity index (χ4n) is 2.20. The zero-order valence-electron chi connectivity index (χ0n) is 12.3. The van der Waals surface area contributed by atoms with E-state index in [0.29, 0.717) is 0 Å². The summed E-state index contributed by atoms with van der Waals surface area (Å²) in [5.41, 5.74) is 1.16. The van der Waals surface area contributed by atoms with Crippen molar-refractivity contribution in [3.8, 4) is 0 Å². The van der Waals surface area contributed by atoms with Gasteiger partial charge in [0.25, 0.3) is 0 Å². The molecule has 1 fully saturated rings. The molecule has 2 nitrogen and oxygen atoms in total.